The molecule has 0 amide bonds. The predicted molar refractivity (Wildman–Crippen MR) is 67.1 cm³/mol. The number of aryl methyl sites for hydroxylation is 2. The highest BCUT2D eigenvalue weighted by atomic mass is 19.3. The van der Waals surface area contributed by atoms with Crippen molar-refractivity contribution in [3.8, 4) is 0 Å². The van der Waals surface area contributed by atoms with Crippen LogP contribution in [-0.2, 0) is 13.1 Å². The minimum Gasteiger partial charge on any atom is -0.364 e. The highest BCUT2D eigenvalue weighted by molar-refractivity contribution is 5.34. The van der Waals surface area contributed by atoms with Gasteiger partial charge in [0.05, 0.1) is 0 Å². The van der Waals surface area contributed by atoms with Gasteiger partial charge in [-0.25, -0.2) is 18.7 Å². The van der Waals surface area contributed by atoms with E-state index < -0.39 is 13.0 Å². The molecular weight excluding hydrogens is 252 g/mol. The van der Waals surface area contributed by atoms with Crippen LogP contribution in [0.25, 0.3) is 0 Å². The first-order chi connectivity index (χ1) is 9.04. The zero-order valence-electron chi connectivity index (χ0n) is 10.8. The predicted octanol–water partition coefficient (Wildman–Crippen LogP) is 2.17. The van der Waals surface area contributed by atoms with E-state index in [0.717, 1.165) is 17.1 Å². The number of halogens is 2. The third kappa shape index (κ3) is 3.70. The topological polar surface area (TPSA) is 55.6 Å². The number of hydrogen-bond donors (Lipinski definition) is 1. The maximum absolute atomic E-state index is 12.2. The van der Waals surface area contributed by atoms with Gasteiger partial charge < -0.3 is 5.32 Å². The van der Waals surface area contributed by atoms with Crippen molar-refractivity contribution in [2.24, 2.45) is 0 Å². The van der Waals surface area contributed by atoms with Crippen LogP contribution in [0.5, 0.6) is 0 Å². The first-order valence-electron chi connectivity index (χ1n) is 5.89. The molecule has 2 heterocycles. The molecule has 2 aromatic heterocycles. The van der Waals surface area contributed by atoms with E-state index in [1.165, 1.54) is 10.9 Å². The Labute approximate surface area is 109 Å². The van der Waals surface area contributed by atoms with Gasteiger partial charge in [0.1, 0.15) is 18.2 Å². The molecule has 1 N–H and O–H groups in total. The van der Waals surface area contributed by atoms with Crippen LogP contribution < -0.4 is 5.32 Å². The second kappa shape index (κ2) is 5.73. The molecule has 0 saturated carbocycles. The molecule has 102 valence electrons. The van der Waals surface area contributed by atoms with Crippen LogP contribution in [-0.4, -0.2) is 26.2 Å². The molecular formula is C12H15F2N5. The highest BCUT2D eigenvalue weighted by Crippen LogP contribution is 2.09. The van der Waals surface area contributed by atoms with E-state index in [0.29, 0.717) is 12.4 Å². The SMILES string of the molecule is Cc1ncc(CNc2ccn(CC(F)F)n2)c(C)n1. The Balaban J connectivity index is 1.96. The Morgan fingerprint density at radius 3 is 2.84 bits per heavy atom. The van der Waals surface area contributed by atoms with Gasteiger partial charge in [0.15, 0.2) is 0 Å². The fraction of sp³-hybridized carbons (Fsp3) is 0.417. The third-order valence-corrected chi connectivity index (χ3v) is 2.63. The van der Waals surface area contributed by atoms with Crippen LogP contribution in [0.3, 0.4) is 0 Å². The second-order valence-corrected chi connectivity index (χ2v) is 4.20. The lowest BCUT2D eigenvalue weighted by atomic mass is 10.2. The van der Waals surface area contributed by atoms with E-state index in [9.17, 15) is 8.78 Å². The van der Waals surface area contributed by atoms with E-state index in [1.54, 1.807) is 12.3 Å². The van der Waals surface area contributed by atoms with Crippen LogP contribution in [0.15, 0.2) is 18.5 Å². The second-order valence-electron chi connectivity index (χ2n) is 4.20. The Morgan fingerprint density at radius 1 is 1.37 bits per heavy atom. The zero-order valence-corrected chi connectivity index (χ0v) is 10.8. The standard InChI is InChI=1S/C12H15F2N5/c1-8-10(5-15-9(2)17-8)6-16-12-3-4-19(18-12)7-11(13)14/h3-5,11H,6-7H2,1-2H3,(H,16,18). The summed E-state index contributed by atoms with van der Waals surface area (Å²) in [6.45, 7) is 3.85. The van der Waals surface area contributed by atoms with Gasteiger partial charge in [-0.1, -0.05) is 0 Å². The van der Waals surface area contributed by atoms with Gasteiger partial charge in [0.25, 0.3) is 6.43 Å². The Hall–Kier alpha value is -2.05. The number of nitrogens with zero attached hydrogens (tertiary/aromatic N) is 4. The van der Waals surface area contributed by atoms with Crippen LogP contribution in [0.4, 0.5) is 14.6 Å². The number of anilines is 1. The Kier molecular flexibility index (Phi) is 4.03. The molecule has 2 rings (SSSR count). The molecule has 0 atom stereocenters. The minimum absolute atomic E-state index is 0.394. The van der Waals surface area contributed by atoms with E-state index in [-0.39, 0.29) is 0 Å². The van der Waals surface area contributed by atoms with Crippen molar-refractivity contribution in [3.63, 3.8) is 0 Å². The van der Waals surface area contributed by atoms with Crippen molar-refractivity contribution in [1.82, 2.24) is 19.7 Å². The van der Waals surface area contributed by atoms with Crippen molar-refractivity contribution in [1.29, 1.82) is 0 Å². The molecule has 0 aliphatic rings. The van der Waals surface area contributed by atoms with Crippen LogP contribution in [0.2, 0.25) is 0 Å². The average Bonchev–Trinajstić information content (AvgIpc) is 2.74. The lowest BCUT2D eigenvalue weighted by molar-refractivity contribution is 0.122. The van der Waals surface area contributed by atoms with Gasteiger partial charge in [0, 0.05) is 36.3 Å². The summed E-state index contributed by atoms with van der Waals surface area (Å²) < 4.78 is 25.6. The fourth-order valence-corrected chi connectivity index (χ4v) is 1.67. The average molecular weight is 267 g/mol. The summed E-state index contributed by atoms with van der Waals surface area (Å²) in [6, 6.07) is 1.66. The number of alkyl halides is 2. The van der Waals surface area contributed by atoms with Gasteiger partial charge in [-0.05, 0) is 13.8 Å². The van der Waals surface area contributed by atoms with Crippen molar-refractivity contribution in [2.45, 2.75) is 33.4 Å². The normalized spacial score (nSPS) is 11.0. The molecule has 0 radical (unpaired) electrons. The minimum atomic E-state index is -2.40. The van der Waals surface area contributed by atoms with E-state index >= 15 is 0 Å². The largest absolute Gasteiger partial charge is 0.364 e. The van der Waals surface area contributed by atoms with Crippen molar-refractivity contribution in [3.05, 3.63) is 35.5 Å². The maximum Gasteiger partial charge on any atom is 0.257 e. The summed E-state index contributed by atoms with van der Waals surface area (Å²) >= 11 is 0. The molecule has 0 fully saturated rings. The van der Waals surface area contributed by atoms with Gasteiger partial charge in [0.2, 0.25) is 0 Å². The van der Waals surface area contributed by atoms with Gasteiger partial charge in [-0.3, -0.25) is 4.68 Å². The zero-order chi connectivity index (χ0) is 13.8. The molecule has 0 aromatic carbocycles. The molecule has 0 unspecified atom stereocenters. The number of hydrogen-bond acceptors (Lipinski definition) is 4. The molecule has 0 aliphatic heterocycles. The summed E-state index contributed by atoms with van der Waals surface area (Å²) in [5, 5.41) is 7.06. The summed E-state index contributed by atoms with van der Waals surface area (Å²) in [5.74, 6) is 1.28. The summed E-state index contributed by atoms with van der Waals surface area (Å²) in [7, 11) is 0. The Morgan fingerprint density at radius 2 is 2.16 bits per heavy atom. The Bertz CT molecular complexity index is 553. The molecule has 0 spiro atoms. The number of nitrogens with one attached hydrogen (secondary N) is 1. The van der Waals surface area contributed by atoms with Gasteiger partial charge in [-0.2, -0.15) is 5.10 Å². The maximum atomic E-state index is 12.2. The van der Waals surface area contributed by atoms with Crippen LogP contribution >= 0.6 is 0 Å². The summed E-state index contributed by atoms with van der Waals surface area (Å²) in [5.41, 5.74) is 1.85. The van der Waals surface area contributed by atoms with E-state index in [2.05, 4.69) is 20.4 Å². The third-order valence-electron chi connectivity index (χ3n) is 2.63. The molecule has 7 heteroatoms. The lowest BCUT2D eigenvalue weighted by Crippen LogP contribution is -2.08. The van der Waals surface area contributed by atoms with Crippen molar-refractivity contribution >= 4 is 5.82 Å². The molecule has 0 saturated heterocycles. The summed E-state index contributed by atoms with van der Waals surface area (Å²) in [6.07, 6.45) is 0.869. The first kappa shape index (κ1) is 13.4. The molecule has 5 nitrogen and oxygen atoms in total. The highest BCUT2D eigenvalue weighted by Gasteiger charge is 2.06. The van der Waals surface area contributed by atoms with Crippen molar-refractivity contribution < 1.29 is 8.78 Å². The van der Waals surface area contributed by atoms with Gasteiger partial charge >= 0.3 is 0 Å². The summed E-state index contributed by atoms with van der Waals surface area (Å²) in [4.78, 5) is 8.38. The van der Waals surface area contributed by atoms with E-state index in [4.69, 9.17) is 0 Å². The molecule has 0 bridgehead atoms. The lowest BCUT2D eigenvalue weighted by Gasteiger charge is -2.06. The van der Waals surface area contributed by atoms with Crippen LogP contribution in [0, 0.1) is 13.8 Å². The van der Waals surface area contributed by atoms with Crippen molar-refractivity contribution in [2.75, 3.05) is 5.32 Å². The number of rotatable bonds is 5. The molecule has 19 heavy (non-hydrogen) atoms. The molecule has 0 aliphatic carbocycles. The smallest absolute Gasteiger partial charge is 0.257 e. The quantitative estimate of drug-likeness (QED) is 0.902. The van der Waals surface area contributed by atoms with Crippen LogP contribution in [0.1, 0.15) is 17.1 Å². The first-order valence-corrected chi connectivity index (χ1v) is 5.89. The van der Waals surface area contributed by atoms with Gasteiger partial charge in [-0.15, -0.1) is 0 Å². The molecule has 2 aromatic rings. The van der Waals surface area contributed by atoms with E-state index in [1.807, 2.05) is 13.8 Å². The fourth-order valence-electron chi connectivity index (χ4n) is 1.67. The number of aromatic nitrogens is 4. The monoisotopic (exact) mass is 267 g/mol.